The second-order valence-corrected chi connectivity index (χ2v) is 10.0. The lowest BCUT2D eigenvalue weighted by Gasteiger charge is -2.19. The molecule has 1 heterocycles. The fraction of sp³-hybridized carbons (Fsp3) is 0.154. The fourth-order valence-electron chi connectivity index (χ4n) is 4.07. The fourth-order valence-corrected chi connectivity index (χ4v) is 4.64. The molecule has 2 amide bonds. The lowest BCUT2D eigenvalue weighted by atomic mass is 9.91. The Morgan fingerprint density at radius 1 is 0.971 bits per heavy atom. The Hall–Kier alpha value is -4.11. The van der Waals surface area contributed by atoms with Crippen molar-refractivity contribution in [3.8, 4) is 0 Å². The van der Waals surface area contributed by atoms with Crippen molar-refractivity contribution in [1.29, 1.82) is 0 Å². The minimum absolute atomic E-state index is 0.104. The van der Waals surface area contributed by atoms with Crippen LogP contribution >= 0.6 is 0 Å². The minimum Gasteiger partial charge on any atom is -0.361 e. The maximum atomic E-state index is 13.3. The molecule has 0 fully saturated rings. The Kier molecular flexibility index (Phi) is 6.88. The van der Waals surface area contributed by atoms with E-state index in [-0.39, 0.29) is 29.6 Å². The summed E-state index contributed by atoms with van der Waals surface area (Å²) >= 11 is 0. The number of para-hydroxylation sites is 1. The van der Waals surface area contributed by atoms with E-state index < -0.39 is 15.9 Å². The third kappa shape index (κ3) is 5.88. The van der Waals surface area contributed by atoms with Crippen LogP contribution in [-0.4, -0.2) is 38.0 Å². The van der Waals surface area contributed by atoms with Gasteiger partial charge in [0.2, 0.25) is 15.9 Å². The highest BCUT2D eigenvalue weighted by Crippen LogP contribution is 2.31. The normalized spacial score (nSPS) is 12.2. The van der Waals surface area contributed by atoms with Crippen LogP contribution in [0.25, 0.3) is 10.9 Å². The molecular weight excluding hydrogens is 464 g/mol. The van der Waals surface area contributed by atoms with E-state index in [9.17, 15) is 18.0 Å². The van der Waals surface area contributed by atoms with E-state index in [0.29, 0.717) is 5.69 Å². The van der Waals surface area contributed by atoms with Gasteiger partial charge in [-0.2, -0.15) is 0 Å². The number of carbonyl (C=O) groups excluding carboxylic acids is 2. The molecule has 9 heteroatoms. The van der Waals surface area contributed by atoms with Crippen molar-refractivity contribution in [3.63, 3.8) is 0 Å². The molecular formula is C26H26N4O4S. The van der Waals surface area contributed by atoms with Crippen LogP contribution < -0.4 is 15.4 Å². The standard InChI is InChI=1S/C26H26N4O4S/c1-17(31)29-19-12-13-25(30-35(2,33)34)21(14-19)26(32)28-15-22(18-8-4-3-5-9-18)23-16-27-24-11-7-6-10-20(23)24/h3-14,16,22,27,30H,15H2,1-2H3,(H,28,32)(H,29,31). The van der Waals surface area contributed by atoms with Crippen molar-refractivity contribution in [1.82, 2.24) is 10.3 Å². The molecule has 35 heavy (non-hydrogen) atoms. The first-order valence-corrected chi connectivity index (χ1v) is 12.9. The van der Waals surface area contributed by atoms with E-state index in [1.165, 1.54) is 25.1 Å². The number of nitrogens with one attached hydrogen (secondary N) is 4. The van der Waals surface area contributed by atoms with Gasteiger partial charge < -0.3 is 15.6 Å². The molecule has 0 saturated heterocycles. The number of rotatable bonds is 8. The van der Waals surface area contributed by atoms with E-state index >= 15 is 0 Å². The van der Waals surface area contributed by atoms with Gasteiger partial charge in [-0.3, -0.25) is 14.3 Å². The van der Waals surface area contributed by atoms with E-state index in [0.717, 1.165) is 28.3 Å². The van der Waals surface area contributed by atoms with Gasteiger partial charge in [0.25, 0.3) is 5.91 Å². The van der Waals surface area contributed by atoms with Crippen molar-refractivity contribution in [2.24, 2.45) is 0 Å². The average molecular weight is 491 g/mol. The van der Waals surface area contributed by atoms with Crippen LogP contribution in [0.1, 0.15) is 34.3 Å². The van der Waals surface area contributed by atoms with Crippen LogP contribution in [0.2, 0.25) is 0 Å². The van der Waals surface area contributed by atoms with Gasteiger partial charge in [0, 0.05) is 42.2 Å². The van der Waals surface area contributed by atoms with Crippen LogP contribution in [0.15, 0.2) is 79.0 Å². The number of H-pyrrole nitrogens is 1. The number of aromatic nitrogens is 1. The van der Waals surface area contributed by atoms with Gasteiger partial charge in [0.1, 0.15) is 0 Å². The molecule has 3 aromatic carbocycles. The van der Waals surface area contributed by atoms with Crippen LogP contribution in [0.5, 0.6) is 0 Å². The number of fused-ring (bicyclic) bond motifs is 1. The zero-order valence-electron chi connectivity index (χ0n) is 19.3. The molecule has 0 radical (unpaired) electrons. The highest BCUT2D eigenvalue weighted by Gasteiger charge is 2.21. The molecule has 4 aromatic rings. The van der Waals surface area contributed by atoms with Gasteiger partial charge >= 0.3 is 0 Å². The first kappa shape index (κ1) is 24.0. The van der Waals surface area contributed by atoms with E-state index in [1.807, 2.05) is 60.8 Å². The summed E-state index contributed by atoms with van der Waals surface area (Å²) in [5, 5.41) is 6.64. The number of hydrogen-bond donors (Lipinski definition) is 4. The van der Waals surface area contributed by atoms with Crippen molar-refractivity contribution >= 4 is 44.1 Å². The molecule has 4 rings (SSSR count). The van der Waals surface area contributed by atoms with Crippen molar-refractivity contribution < 1.29 is 18.0 Å². The maximum absolute atomic E-state index is 13.3. The number of aromatic amines is 1. The zero-order valence-corrected chi connectivity index (χ0v) is 20.1. The predicted octanol–water partition coefficient (Wildman–Crippen LogP) is 4.06. The van der Waals surface area contributed by atoms with Gasteiger partial charge in [-0.25, -0.2) is 8.42 Å². The molecule has 8 nitrogen and oxygen atoms in total. The van der Waals surface area contributed by atoms with Gasteiger partial charge in [-0.05, 0) is 35.4 Å². The van der Waals surface area contributed by atoms with E-state index in [1.54, 1.807) is 0 Å². The molecule has 4 N–H and O–H groups in total. The Balaban J connectivity index is 1.66. The van der Waals surface area contributed by atoms with Gasteiger partial charge in [-0.1, -0.05) is 48.5 Å². The third-order valence-corrected chi connectivity index (χ3v) is 6.14. The first-order valence-electron chi connectivity index (χ1n) is 11.0. The molecule has 1 atom stereocenters. The molecule has 0 saturated carbocycles. The van der Waals surface area contributed by atoms with Gasteiger partial charge in [0.15, 0.2) is 0 Å². The summed E-state index contributed by atoms with van der Waals surface area (Å²) in [6.45, 7) is 1.63. The lowest BCUT2D eigenvalue weighted by molar-refractivity contribution is -0.114. The summed E-state index contributed by atoms with van der Waals surface area (Å²) in [5.74, 6) is -0.922. The largest absolute Gasteiger partial charge is 0.361 e. The van der Waals surface area contributed by atoms with E-state index in [4.69, 9.17) is 0 Å². The Morgan fingerprint density at radius 3 is 2.40 bits per heavy atom. The second-order valence-electron chi connectivity index (χ2n) is 8.28. The molecule has 0 aliphatic carbocycles. The van der Waals surface area contributed by atoms with Crippen LogP contribution in [0.4, 0.5) is 11.4 Å². The number of anilines is 2. The maximum Gasteiger partial charge on any atom is 0.253 e. The Morgan fingerprint density at radius 2 is 1.69 bits per heavy atom. The highest BCUT2D eigenvalue weighted by molar-refractivity contribution is 7.92. The number of benzene rings is 3. The zero-order chi connectivity index (χ0) is 25.0. The minimum atomic E-state index is -3.62. The van der Waals surface area contributed by atoms with Crippen molar-refractivity contribution in [3.05, 3.63) is 95.7 Å². The van der Waals surface area contributed by atoms with Crippen LogP contribution in [0.3, 0.4) is 0 Å². The SMILES string of the molecule is CC(=O)Nc1ccc(NS(C)(=O)=O)c(C(=O)NCC(c2ccccc2)c2c[nH]c3ccccc23)c1. The predicted molar refractivity (Wildman–Crippen MR) is 138 cm³/mol. The smallest absolute Gasteiger partial charge is 0.253 e. The van der Waals surface area contributed by atoms with E-state index in [2.05, 4.69) is 20.3 Å². The summed E-state index contributed by atoms with van der Waals surface area (Å²) in [6.07, 6.45) is 2.96. The molecule has 180 valence electrons. The monoisotopic (exact) mass is 490 g/mol. The second kappa shape index (κ2) is 10.0. The summed E-state index contributed by atoms with van der Waals surface area (Å²) in [6, 6.07) is 22.2. The number of hydrogen-bond acceptors (Lipinski definition) is 4. The summed E-state index contributed by atoms with van der Waals surface area (Å²) in [5.41, 5.74) is 3.68. The number of amides is 2. The molecule has 0 spiro atoms. The van der Waals surface area contributed by atoms with Crippen LogP contribution in [0, 0.1) is 0 Å². The Bertz CT molecular complexity index is 1480. The summed E-state index contributed by atoms with van der Waals surface area (Å²) in [4.78, 5) is 28.1. The van der Waals surface area contributed by atoms with Crippen molar-refractivity contribution in [2.75, 3.05) is 22.8 Å². The third-order valence-electron chi connectivity index (χ3n) is 5.55. The number of sulfonamides is 1. The quantitative estimate of drug-likeness (QED) is 0.298. The number of carbonyl (C=O) groups is 2. The Labute approximate surface area is 203 Å². The topological polar surface area (TPSA) is 120 Å². The van der Waals surface area contributed by atoms with Crippen molar-refractivity contribution in [2.45, 2.75) is 12.8 Å². The lowest BCUT2D eigenvalue weighted by Crippen LogP contribution is -2.30. The average Bonchev–Trinajstić information content (AvgIpc) is 3.23. The summed E-state index contributed by atoms with van der Waals surface area (Å²) < 4.78 is 26.1. The molecule has 0 aliphatic heterocycles. The molecule has 0 bridgehead atoms. The first-order chi connectivity index (χ1) is 16.7. The highest BCUT2D eigenvalue weighted by atomic mass is 32.2. The molecule has 0 aliphatic rings. The molecule has 1 unspecified atom stereocenters. The van der Waals surface area contributed by atoms with Crippen LogP contribution in [-0.2, 0) is 14.8 Å². The summed E-state index contributed by atoms with van der Waals surface area (Å²) in [7, 11) is -3.62. The van der Waals surface area contributed by atoms with Gasteiger partial charge in [0.05, 0.1) is 17.5 Å². The van der Waals surface area contributed by atoms with Gasteiger partial charge in [-0.15, -0.1) is 0 Å². The molecule has 1 aromatic heterocycles.